The van der Waals surface area contributed by atoms with Gasteiger partial charge in [0.25, 0.3) is 0 Å². The lowest BCUT2D eigenvalue weighted by Crippen LogP contribution is -2.38. The number of piperidine rings is 1. The van der Waals surface area contributed by atoms with E-state index in [-0.39, 0.29) is 12.0 Å². The summed E-state index contributed by atoms with van der Waals surface area (Å²) in [5.41, 5.74) is 1.67. The number of benzene rings is 1. The van der Waals surface area contributed by atoms with E-state index in [0.717, 1.165) is 54.2 Å². The molecule has 5 rings (SSSR count). The number of amides is 1. The third-order valence-corrected chi connectivity index (χ3v) is 6.14. The lowest BCUT2D eigenvalue weighted by Gasteiger charge is -2.30. The molecule has 1 aliphatic heterocycles. The fourth-order valence-corrected chi connectivity index (χ4v) is 4.24. The van der Waals surface area contributed by atoms with Gasteiger partial charge in [-0.2, -0.15) is 4.98 Å². The predicted octanol–water partition coefficient (Wildman–Crippen LogP) is 5.15. The SMILES string of the molecule is CCOC(=O)Nc1ccc2c(ccn2-c2ccc(OC3CCN(c4nc(C(C)C)no4)CC3)cn2)c1. The number of nitrogens with one attached hydrogen (secondary N) is 1. The second-order valence-electron chi connectivity index (χ2n) is 9.05. The number of fused-ring (bicyclic) bond motifs is 1. The predicted molar refractivity (Wildman–Crippen MR) is 136 cm³/mol. The highest BCUT2D eigenvalue weighted by molar-refractivity contribution is 5.90. The van der Waals surface area contributed by atoms with Crippen LogP contribution in [0, 0.1) is 0 Å². The lowest BCUT2D eigenvalue weighted by atomic mass is 10.1. The van der Waals surface area contributed by atoms with Gasteiger partial charge in [-0.25, -0.2) is 9.78 Å². The van der Waals surface area contributed by atoms with Gasteiger partial charge >= 0.3 is 12.1 Å². The third-order valence-electron chi connectivity index (χ3n) is 6.14. The molecule has 188 valence electrons. The summed E-state index contributed by atoms with van der Waals surface area (Å²) in [6.07, 6.45) is 5.10. The van der Waals surface area contributed by atoms with E-state index in [0.29, 0.717) is 18.3 Å². The summed E-state index contributed by atoms with van der Waals surface area (Å²) in [6.45, 7) is 7.81. The highest BCUT2D eigenvalue weighted by Crippen LogP contribution is 2.26. The molecule has 4 aromatic rings. The quantitative estimate of drug-likeness (QED) is 0.379. The number of pyridine rings is 1. The number of ether oxygens (including phenoxy) is 2. The Balaban J connectivity index is 1.19. The van der Waals surface area contributed by atoms with Crippen LogP contribution >= 0.6 is 0 Å². The van der Waals surface area contributed by atoms with Crippen molar-refractivity contribution in [3.63, 3.8) is 0 Å². The largest absolute Gasteiger partial charge is 0.489 e. The summed E-state index contributed by atoms with van der Waals surface area (Å²) < 4.78 is 18.6. The van der Waals surface area contributed by atoms with E-state index in [9.17, 15) is 4.79 Å². The van der Waals surface area contributed by atoms with Crippen molar-refractivity contribution in [3.8, 4) is 11.6 Å². The molecule has 0 aliphatic carbocycles. The molecule has 1 aliphatic rings. The third kappa shape index (κ3) is 5.12. The summed E-state index contributed by atoms with van der Waals surface area (Å²) in [4.78, 5) is 22.9. The summed E-state index contributed by atoms with van der Waals surface area (Å²) in [7, 11) is 0. The molecule has 0 saturated carbocycles. The Bertz CT molecular complexity index is 1320. The Morgan fingerprint density at radius 1 is 1.19 bits per heavy atom. The minimum absolute atomic E-state index is 0.110. The van der Waals surface area contributed by atoms with Crippen molar-refractivity contribution in [2.24, 2.45) is 0 Å². The Hall–Kier alpha value is -4.08. The van der Waals surface area contributed by atoms with Gasteiger partial charge in [0, 0.05) is 49.1 Å². The summed E-state index contributed by atoms with van der Waals surface area (Å²) in [5, 5.41) is 7.77. The van der Waals surface area contributed by atoms with Crippen LogP contribution in [-0.4, -0.2) is 51.6 Å². The Morgan fingerprint density at radius 3 is 2.72 bits per heavy atom. The number of carbonyl (C=O) groups is 1. The average molecular weight is 491 g/mol. The van der Waals surface area contributed by atoms with E-state index in [2.05, 4.69) is 39.2 Å². The van der Waals surface area contributed by atoms with Gasteiger partial charge in [-0.15, -0.1) is 0 Å². The molecule has 3 aromatic heterocycles. The van der Waals surface area contributed by atoms with E-state index < -0.39 is 6.09 Å². The standard InChI is InChI=1S/C26H30N6O4/c1-4-34-26(33)28-19-5-7-22-18(15-19)9-14-32(22)23-8-6-21(16-27-23)35-20-10-12-31(13-11-20)25-29-24(17(2)3)30-36-25/h5-9,14-17,20H,4,10-13H2,1-3H3,(H,28,33). The number of hydrogen-bond donors (Lipinski definition) is 1. The maximum absolute atomic E-state index is 11.7. The van der Waals surface area contributed by atoms with E-state index in [1.54, 1.807) is 13.1 Å². The molecule has 1 saturated heterocycles. The molecule has 0 bridgehead atoms. The molecule has 0 radical (unpaired) electrons. The van der Waals surface area contributed by atoms with Gasteiger partial charge in [-0.3, -0.25) is 5.32 Å². The molecule has 4 heterocycles. The van der Waals surface area contributed by atoms with E-state index in [1.807, 2.05) is 47.2 Å². The number of carbonyl (C=O) groups excluding carboxylic acids is 1. The number of aromatic nitrogens is 4. The number of hydrogen-bond acceptors (Lipinski definition) is 8. The second kappa shape index (κ2) is 10.3. The van der Waals surface area contributed by atoms with Crippen LogP contribution in [0.1, 0.15) is 45.4 Å². The first-order chi connectivity index (χ1) is 17.5. The van der Waals surface area contributed by atoms with Gasteiger partial charge in [0.15, 0.2) is 5.82 Å². The van der Waals surface area contributed by atoms with E-state index in [1.165, 1.54) is 0 Å². The van der Waals surface area contributed by atoms with Crippen molar-refractivity contribution in [3.05, 3.63) is 54.6 Å². The summed E-state index contributed by atoms with van der Waals surface area (Å²) in [5.74, 6) is 2.51. The molecule has 0 atom stereocenters. The molecule has 1 fully saturated rings. The molecule has 36 heavy (non-hydrogen) atoms. The van der Waals surface area contributed by atoms with Crippen molar-refractivity contribution in [2.45, 2.75) is 45.6 Å². The van der Waals surface area contributed by atoms with Gasteiger partial charge in [0.2, 0.25) is 0 Å². The first-order valence-electron chi connectivity index (χ1n) is 12.3. The van der Waals surface area contributed by atoms with Gasteiger partial charge < -0.3 is 23.5 Å². The van der Waals surface area contributed by atoms with Gasteiger partial charge in [0.05, 0.1) is 18.3 Å². The zero-order chi connectivity index (χ0) is 25.1. The number of anilines is 2. The van der Waals surface area contributed by atoms with Crippen LogP contribution in [0.3, 0.4) is 0 Å². The topological polar surface area (TPSA) is 108 Å². The van der Waals surface area contributed by atoms with Crippen molar-refractivity contribution in [1.29, 1.82) is 0 Å². The van der Waals surface area contributed by atoms with Gasteiger partial charge in [0.1, 0.15) is 17.7 Å². The smallest absolute Gasteiger partial charge is 0.411 e. The maximum Gasteiger partial charge on any atom is 0.411 e. The van der Waals surface area contributed by atoms with Crippen molar-refractivity contribution < 1.29 is 18.8 Å². The van der Waals surface area contributed by atoms with Crippen molar-refractivity contribution in [1.82, 2.24) is 19.7 Å². The van der Waals surface area contributed by atoms with Crippen LogP contribution in [-0.2, 0) is 4.74 Å². The Morgan fingerprint density at radius 2 is 2.03 bits per heavy atom. The number of rotatable bonds is 7. The normalized spacial score (nSPS) is 14.4. The van der Waals surface area contributed by atoms with Gasteiger partial charge in [-0.1, -0.05) is 19.0 Å². The molecule has 10 nitrogen and oxygen atoms in total. The van der Waals surface area contributed by atoms with Crippen LogP contribution in [0.4, 0.5) is 16.5 Å². The maximum atomic E-state index is 11.7. The van der Waals surface area contributed by atoms with Crippen LogP contribution < -0.4 is 15.0 Å². The van der Waals surface area contributed by atoms with Crippen molar-refractivity contribution >= 4 is 28.7 Å². The Kier molecular flexibility index (Phi) is 6.75. The average Bonchev–Trinajstić information content (AvgIpc) is 3.53. The highest BCUT2D eigenvalue weighted by atomic mass is 16.5. The number of nitrogens with zero attached hydrogens (tertiary/aromatic N) is 5. The van der Waals surface area contributed by atoms with Crippen LogP contribution in [0.15, 0.2) is 53.3 Å². The minimum Gasteiger partial charge on any atom is -0.489 e. The van der Waals surface area contributed by atoms with Gasteiger partial charge in [-0.05, 0) is 43.3 Å². The first kappa shape index (κ1) is 23.7. The Labute approximate surface area is 209 Å². The molecule has 1 amide bonds. The van der Waals surface area contributed by atoms with E-state index >= 15 is 0 Å². The second-order valence-corrected chi connectivity index (χ2v) is 9.05. The fraction of sp³-hybridized carbons (Fsp3) is 0.385. The monoisotopic (exact) mass is 490 g/mol. The lowest BCUT2D eigenvalue weighted by molar-refractivity contribution is 0.167. The molecular weight excluding hydrogens is 460 g/mol. The highest BCUT2D eigenvalue weighted by Gasteiger charge is 2.24. The van der Waals surface area contributed by atoms with Crippen LogP contribution in [0.2, 0.25) is 0 Å². The molecule has 1 aromatic carbocycles. The molecule has 0 unspecified atom stereocenters. The molecular formula is C26H30N6O4. The first-order valence-corrected chi connectivity index (χ1v) is 12.3. The zero-order valence-electron chi connectivity index (χ0n) is 20.7. The summed E-state index contributed by atoms with van der Waals surface area (Å²) in [6, 6.07) is 12.2. The minimum atomic E-state index is -0.464. The van der Waals surface area contributed by atoms with Crippen molar-refractivity contribution in [2.75, 3.05) is 29.9 Å². The zero-order valence-corrected chi connectivity index (χ0v) is 20.7. The van der Waals surface area contributed by atoms with Crippen LogP contribution in [0.25, 0.3) is 16.7 Å². The fourth-order valence-electron chi connectivity index (χ4n) is 4.24. The summed E-state index contributed by atoms with van der Waals surface area (Å²) >= 11 is 0. The molecule has 10 heteroatoms. The van der Waals surface area contributed by atoms with Crippen LogP contribution in [0.5, 0.6) is 5.75 Å². The molecule has 0 spiro atoms. The molecule has 1 N–H and O–H groups in total. The van der Waals surface area contributed by atoms with E-state index in [4.69, 9.17) is 14.0 Å².